The van der Waals surface area contributed by atoms with Crippen molar-refractivity contribution in [3.05, 3.63) is 23.4 Å². The van der Waals surface area contributed by atoms with E-state index in [1.54, 1.807) is 0 Å². The normalized spacial score (nSPS) is 11.7. The van der Waals surface area contributed by atoms with Crippen molar-refractivity contribution in [2.45, 2.75) is 39.2 Å². The molecule has 1 rings (SSSR count). The van der Waals surface area contributed by atoms with Crippen molar-refractivity contribution in [2.75, 3.05) is 25.1 Å². The fourth-order valence-electron chi connectivity index (χ4n) is 1.66. The van der Waals surface area contributed by atoms with Crippen LogP contribution in [-0.4, -0.2) is 35.4 Å². The van der Waals surface area contributed by atoms with E-state index in [4.69, 9.17) is 5.11 Å². The lowest BCUT2D eigenvalue weighted by atomic mass is 9.91. The number of aliphatic hydroxyl groups is 2. The SMILES string of the molecule is CN(CCCO)c1cc(CO)cc(C(C)(C)C)n1. The van der Waals surface area contributed by atoms with Crippen LogP contribution < -0.4 is 4.90 Å². The highest BCUT2D eigenvalue weighted by molar-refractivity contribution is 5.43. The van der Waals surface area contributed by atoms with Gasteiger partial charge in [0.05, 0.1) is 6.61 Å². The molecule has 0 atom stereocenters. The second-order valence-electron chi connectivity index (χ2n) is 5.63. The predicted octanol–water partition coefficient (Wildman–Crippen LogP) is 1.69. The summed E-state index contributed by atoms with van der Waals surface area (Å²) in [5, 5.41) is 18.2. The van der Waals surface area contributed by atoms with Gasteiger partial charge in [0.25, 0.3) is 0 Å². The van der Waals surface area contributed by atoms with E-state index in [1.807, 2.05) is 24.1 Å². The quantitative estimate of drug-likeness (QED) is 0.837. The molecule has 2 N–H and O–H groups in total. The van der Waals surface area contributed by atoms with Gasteiger partial charge in [-0.15, -0.1) is 0 Å². The standard InChI is InChI=1S/C14H24N2O2/c1-14(2,3)12-8-11(10-18)9-13(15-12)16(4)6-5-7-17/h8-9,17-18H,5-7,10H2,1-4H3. The largest absolute Gasteiger partial charge is 0.396 e. The van der Waals surface area contributed by atoms with Gasteiger partial charge in [-0.05, 0) is 24.1 Å². The zero-order chi connectivity index (χ0) is 13.8. The third-order valence-corrected chi connectivity index (χ3v) is 2.87. The summed E-state index contributed by atoms with van der Waals surface area (Å²) in [4.78, 5) is 6.64. The fraction of sp³-hybridized carbons (Fsp3) is 0.643. The maximum Gasteiger partial charge on any atom is 0.128 e. The van der Waals surface area contributed by atoms with E-state index in [-0.39, 0.29) is 18.6 Å². The molecule has 0 fully saturated rings. The van der Waals surface area contributed by atoms with E-state index in [2.05, 4.69) is 25.8 Å². The molecular weight excluding hydrogens is 228 g/mol. The molecule has 0 spiro atoms. The Balaban J connectivity index is 3.04. The Bertz CT molecular complexity index is 386. The number of aromatic nitrogens is 1. The first-order valence-corrected chi connectivity index (χ1v) is 6.32. The number of pyridine rings is 1. The minimum Gasteiger partial charge on any atom is -0.396 e. The average molecular weight is 252 g/mol. The monoisotopic (exact) mass is 252 g/mol. The molecule has 4 nitrogen and oxygen atoms in total. The summed E-state index contributed by atoms with van der Waals surface area (Å²) in [6, 6.07) is 3.84. The van der Waals surface area contributed by atoms with E-state index in [0.29, 0.717) is 6.42 Å². The Morgan fingerprint density at radius 3 is 2.39 bits per heavy atom. The lowest BCUT2D eigenvalue weighted by molar-refractivity contribution is 0.281. The van der Waals surface area contributed by atoms with Gasteiger partial charge in [-0.25, -0.2) is 4.98 Å². The summed E-state index contributed by atoms with van der Waals surface area (Å²) in [6.07, 6.45) is 0.715. The number of aliphatic hydroxyl groups excluding tert-OH is 2. The van der Waals surface area contributed by atoms with E-state index in [1.165, 1.54) is 0 Å². The van der Waals surface area contributed by atoms with Crippen LogP contribution in [0, 0.1) is 0 Å². The maximum atomic E-state index is 9.32. The highest BCUT2D eigenvalue weighted by Crippen LogP contribution is 2.24. The van der Waals surface area contributed by atoms with Crippen LogP contribution in [0.2, 0.25) is 0 Å². The second kappa shape index (κ2) is 6.16. The van der Waals surface area contributed by atoms with Gasteiger partial charge in [-0.3, -0.25) is 0 Å². The summed E-state index contributed by atoms with van der Waals surface area (Å²) >= 11 is 0. The summed E-state index contributed by atoms with van der Waals surface area (Å²) in [6.45, 7) is 7.26. The zero-order valence-electron chi connectivity index (χ0n) is 11.8. The van der Waals surface area contributed by atoms with Crippen molar-refractivity contribution in [3.63, 3.8) is 0 Å². The van der Waals surface area contributed by atoms with E-state index in [0.717, 1.165) is 23.6 Å². The first-order valence-electron chi connectivity index (χ1n) is 6.32. The molecule has 0 amide bonds. The molecule has 1 aromatic rings. The predicted molar refractivity (Wildman–Crippen MR) is 73.8 cm³/mol. The second-order valence-corrected chi connectivity index (χ2v) is 5.63. The lowest BCUT2D eigenvalue weighted by Crippen LogP contribution is -2.23. The van der Waals surface area contributed by atoms with Gasteiger partial charge in [0.2, 0.25) is 0 Å². The third kappa shape index (κ3) is 3.96. The van der Waals surface area contributed by atoms with Crippen LogP contribution >= 0.6 is 0 Å². The van der Waals surface area contributed by atoms with Crippen molar-refractivity contribution in [1.82, 2.24) is 4.98 Å². The Hall–Kier alpha value is -1.13. The molecule has 0 aliphatic rings. The van der Waals surface area contributed by atoms with Gasteiger partial charge in [-0.1, -0.05) is 20.8 Å². The number of hydrogen-bond acceptors (Lipinski definition) is 4. The van der Waals surface area contributed by atoms with Crippen molar-refractivity contribution >= 4 is 5.82 Å². The van der Waals surface area contributed by atoms with Gasteiger partial charge in [0.15, 0.2) is 0 Å². The lowest BCUT2D eigenvalue weighted by Gasteiger charge is -2.23. The van der Waals surface area contributed by atoms with Gasteiger partial charge in [0, 0.05) is 31.3 Å². The summed E-state index contributed by atoms with van der Waals surface area (Å²) in [7, 11) is 1.95. The van der Waals surface area contributed by atoms with Crippen LogP contribution in [0.4, 0.5) is 5.82 Å². The first-order chi connectivity index (χ1) is 8.38. The number of anilines is 1. The van der Waals surface area contributed by atoms with Gasteiger partial charge in [-0.2, -0.15) is 0 Å². The highest BCUT2D eigenvalue weighted by atomic mass is 16.3. The Morgan fingerprint density at radius 1 is 1.22 bits per heavy atom. The minimum absolute atomic E-state index is 0.0203. The van der Waals surface area contributed by atoms with Crippen LogP contribution in [0.15, 0.2) is 12.1 Å². The van der Waals surface area contributed by atoms with Crippen molar-refractivity contribution in [3.8, 4) is 0 Å². The minimum atomic E-state index is -0.0439. The molecule has 102 valence electrons. The highest BCUT2D eigenvalue weighted by Gasteiger charge is 2.18. The topological polar surface area (TPSA) is 56.6 Å². The van der Waals surface area contributed by atoms with Crippen LogP contribution in [0.25, 0.3) is 0 Å². The van der Waals surface area contributed by atoms with Gasteiger partial charge < -0.3 is 15.1 Å². The van der Waals surface area contributed by atoms with Crippen molar-refractivity contribution < 1.29 is 10.2 Å². The van der Waals surface area contributed by atoms with E-state index in [9.17, 15) is 5.11 Å². The fourth-order valence-corrected chi connectivity index (χ4v) is 1.66. The zero-order valence-corrected chi connectivity index (χ0v) is 11.8. The average Bonchev–Trinajstić information content (AvgIpc) is 2.34. The number of hydrogen-bond donors (Lipinski definition) is 2. The molecule has 0 saturated heterocycles. The van der Waals surface area contributed by atoms with Crippen LogP contribution in [-0.2, 0) is 12.0 Å². The van der Waals surface area contributed by atoms with Crippen LogP contribution in [0.1, 0.15) is 38.4 Å². The molecule has 0 radical (unpaired) electrons. The Morgan fingerprint density at radius 2 is 1.89 bits per heavy atom. The molecule has 0 saturated carbocycles. The van der Waals surface area contributed by atoms with Crippen LogP contribution in [0.5, 0.6) is 0 Å². The molecular formula is C14H24N2O2. The summed E-state index contributed by atoms with van der Waals surface area (Å²) < 4.78 is 0. The maximum absolute atomic E-state index is 9.32. The van der Waals surface area contributed by atoms with E-state index >= 15 is 0 Å². The molecule has 0 unspecified atom stereocenters. The first kappa shape index (κ1) is 14.9. The summed E-state index contributed by atoms with van der Waals surface area (Å²) in [5.74, 6) is 0.847. The third-order valence-electron chi connectivity index (χ3n) is 2.87. The molecule has 1 aromatic heterocycles. The van der Waals surface area contributed by atoms with Crippen molar-refractivity contribution in [1.29, 1.82) is 0 Å². The molecule has 0 aromatic carbocycles. The van der Waals surface area contributed by atoms with Gasteiger partial charge in [0.1, 0.15) is 5.82 Å². The van der Waals surface area contributed by atoms with Crippen molar-refractivity contribution in [2.24, 2.45) is 0 Å². The molecule has 1 heterocycles. The Labute approximate surface area is 109 Å². The molecule has 0 aliphatic carbocycles. The molecule has 4 heteroatoms. The Kier molecular flexibility index (Phi) is 5.11. The number of rotatable bonds is 5. The molecule has 18 heavy (non-hydrogen) atoms. The van der Waals surface area contributed by atoms with Gasteiger partial charge >= 0.3 is 0 Å². The van der Waals surface area contributed by atoms with E-state index < -0.39 is 0 Å². The molecule has 0 aliphatic heterocycles. The number of nitrogens with zero attached hydrogens (tertiary/aromatic N) is 2. The molecule has 0 bridgehead atoms. The van der Waals surface area contributed by atoms with Crippen LogP contribution in [0.3, 0.4) is 0 Å². The summed E-state index contributed by atoms with van der Waals surface area (Å²) in [5.41, 5.74) is 1.80. The smallest absolute Gasteiger partial charge is 0.128 e.